The predicted molar refractivity (Wildman–Crippen MR) is 82.3 cm³/mol. The Morgan fingerprint density at radius 2 is 1.89 bits per heavy atom. The van der Waals surface area contributed by atoms with Crippen molar-refractivity contribution in [3.8, 4) is 11.1 Å². The van der Waals surface area contributed by atoms with Crippen LogP contribution in [0, 0.1) is 0 Å². The molecule has 0 atom stereocenters. The summed E-state index contributed by atoms with van der Waals surface area (Å²) < 4.78 is 0. The first kappa shape index (κ1) is 12.3. The standard InChI is InChI=1S/C18H21N/c1-2-13-12-15(10-11-18(13)19)17-9-4-3-8-16(17)14-6-5-7-14/h3-4,8-12,14H,2,5-7,19H2,1H3. The molecule has 1 fully saturated rings. The Kier molecular flexibility index (Phi) is 3.29. The van der Waals surface area contributed by atoms with Gasteiger partial charge in [0, 0.05) is 5.69 Å². The molecule has 19 heavy (non-hydrogen) atoms. The molecular weight excluding hydrogens is 230 g/mol. The quantitative estimate of drug-likeness (QED) is 0.781. The molecule has 1 nitrogen and oxygen atoms in total. The normalized spacial score (nSPS) is 15.2. The Morgan fingerprint density at radius 1 is 1.11 bits per heavy atom. The number of anilines is 1. The summed E-state index contributed by atoms with van der Waals surface area (Å²) in [5.41, 5.74) is 12.4. The van der Waals surface area contributed by atoms with Crippen LogP contribution in [-0.2, 0) is 6.42 Å². The van der Waals surface area contributed by atoms with Crippen molar-refractivity contribution in [1.29, 1.82) is 0 Å². The highest BCUT2D eigenvalue weighted by Gasteiger charge is 2.22. The summed E-state index contributed by atoms with van der Waals surface area (Å²) in [5.74, 6) is 0.763. The third kappa shape index (κ3) is 2.25. The van der Waals surface area contributed by atoms with Gasteiger partial charge in [-0.25, -0.2) is 0 Å². The molecule has 0 aliphatic heterocycles. The van der Waals surface area contributed by atoms with Crippen LogP contribution in [0.4, 0.5) is 5.69 Å². The molecule has 0 aromatic heterocycles. The van der Waals surface area contributed by atoms with E-state index in [4.69, 9.17) is 5.73 Å². The molecule has 0 amide bonds. The minimum atomic E-state index is 0.763. The van der Waals surface area contributed by atoms with Gasteiger partial charge in [0.05, 0.1) is 0 Å². The third-order valence-corrected chi connectivity index (χ3v) is 4.34. The zero-order chi connectivity index (χ0) is 13.2. The van der Waals surface area contributed by atoms with Gasteiger partial charge in [-0.2, -0.15) is 0 Å². The number of aryl methyl sites for hydroxylation is 1. The fourth-order valence-corrected chi connectivity index (χ4v) is 2.91. The zero-order valence-electron chi connectivity index (χ0n) is 11.5. The van der Waals surface area contributed by atoms with Crippen molar-refractivity contribution < 1.29 is 0 Å². The smallest absolute Gasteiger partial charge is 0.0346 e. The molecule has 1 aliphatic rings. The highest BCUT2D eigenvalue weighted by molar-refractivity contribution is 5.71. The lowest BCUT2D eigenvalue weighted by Crippen LogP contribution is -2.09. The Labute approximate surface area is 115 Å². The van der Waals surface area contributed by atoms with Gasteiger partial charge in [-0.3, -0.25) is 0 Å². The largest absolute Gasteiger partial charge is 0.399 e. The van der Waals surface area contributed by atoms with Gasteiger partial charge < -0.3 is 5.73 Å². The van der Waals surface area contributed by atoms with Crippen LogP contribution in [0.25, 0.3) is 11.1 Å². The molecule has 0 bridgehead atoms. The zero-order valence-corrected chi connectivity index (χ0v) is 11.5. The van der Waals surface area contributed by atoms with Gasteiger partial charge in [-0.05, 0) is 59.6 Å². The highest BCUT2D eigenvalue weighted by Crippen LogP contribution is 2.41. The first-order valence-corrected chi connectivity index (χ1v) is 7.27. The van der Waals surface area contributed by atoms with Crippen molar-refractivity contribution >= 4 is 5.69 Å². The van der Waals surface area contributed by atoms with E-state index in [1.165, 1.54) is 41.5 Å². The van der Waals surface area contributed by atoms with E-state index in [0.29, 0.717) is 0 Å². The van der Waals surface area contributed by atoms with Gasteiger partial charge in [0.15, 0.2) is 0 Å². The van der Waals surface area contributed by atoms with Crippen LogP contribution in [0.5, 0.6) is 0 Å². The maximum absolute atomic E-state index is 6.01. The number of hydrogen-bond donors (Lipinski definition) is 1. The van der Waals surface area contributed by atoms with Gasteiger partial charge >= 0.3 is 0 Å². The van der Waals surface area contributed by atoms with E-state index in [0.717, 1.165) is 18.0 Å². The van der Waals surface area contributed by atoms with Crippen molar-refractivity contribution in [1.82, 2.24) is 0 Å². The first-order chi connectivity index (χ1) is 9.29. The Morgan fingerprint density at radius 3 is 2.58 bits per heavy atom. The van der Waals surface area contributed by atoms with Crippen LogP contribution >= 0.6 is 0 Å². The maximum Gasteiger partial charge on any atom is 0.0346 e. The molecule has 0 unspecified atom stereocenters. The molecule has 98 valence electrons. The molecule has 0 heterocycles. The molecule has 1 aliphatic carbocycles. The minimum Gasteiger partial charge on any atom is -0.399 e. The summed E-state index contributed by atoms with van der Waals surface area (Å²) in [5, 5.41) is 0. The second-order valence-electron chi connectivity index (χ2n) is 5.48. The summed E-state index contributed by atoms with van der Waals surface area (Å²) in [7, 11) is 0. The van der Waals surface area contributed by atoms with E-state index < -0.39 is 0 Å². The molecule has 0 radical (unpaired) electrons. The van der Waals surface area contributed by atoms with Gasteiger partial charge in [0.2, 0.25) is 0 Å². The predicted octanol–water partition coefficient (Wildman–Crippen LogP) is 4.77. The topological polar surface area (TPSA) is 26.0 Å². The fourth-order valence-electron chi connectivity index (χ4n) is 2.91. The number of nitrogen functional groups attached to an aromatic ring is 1. The minimum absolute atomic E-state index is 0.763. The third-order valence-electron chi connectivity index (χ3n) is 4.34. The molecule has 2 aromatic rings. The summed E-state index contributed by atoms with van der Waals surface area (Å²) in [6.07, 6.45) is 5.05. The molecular formula is C18H21N. The van der Waals surface area contributed by atoms with Crippen LogP contribution in [0.1, 0.15) is 43.2 Å². The highest BCUT2D eigenvalue weighted by atomic mass is 14.6. The Bertz CT molecular complexity index is 582. The average molecular weight is 251 g/mol. The van der Waals surface area contributed by atoms with E-state index in [1.54, 1.807) is 0 Å². The monoisotopic (exact) mass is 251 g/mol. The van der Waals surface area contributed by atoms with Crippen molar-refractivity contribution in [3.63, 3.8) is 0 Å². The summed E-state index contributed by atoms with van der Waals surface area (Å²) >= 11 is 0. The molecule has 1 heteroatoms. The molecule has 2 aromatic carbocycles. The van der Waals surface area contributed by atoms with E-state index in [1.807, 2.05) is 6.07 Å². The van der Waals surface area contributed by atoms with E-state index in [2.05, 4.69) is 43.3 Å². The fraction of sp³-hybridized carbons (Fsp3) is 0.333. The van der Waals surface area contributed by atoms with Gasteiger partial charge in [0.1, 0.15) is 0 Å². The summed E-state index contributed by atoms with van der Waals surface area (Å²) in [4.78, 5) is 0. The van der Waals surface area contributed by atoms with Crippen molar-refractivity contribution in [2.45, 2.75) is 38.5 Å². The molecule has 2 N–H and O–H groups in total. The van der Waals surface area contributed by atoms with Crippen LogP contribution in [0.3, 0.4) is 0 Å². The van der Waals surface area contributed by atoms with Gasteiger partial charge in [-0.1, -0.05) is 43.7 Å². The SMILES string of the molecule is CCc1cc(-c2ccccc2C2CCC2)ccc1N. The summed E-state index contributed by atoms with van der Waals surface area (Å²) in [6, 6.07) is 15.3. The average Bonchev–Trinajstić information content (AvgIpc) is 2.38. The molecule has 1 saturated carbocycles. The van der Waals surface area contributed by atoms with Crippen LogP contribution in [0.2, 0.25) is 0 Å². The van der Waals surface area contributed by atoms with Crippen LogP contribution in [0.15, 0.2) is 42.5 Å². The molecule has 0 saturated heterocycles. The van der Waals surface area contributed by atoms with E-state index >= 15 is 0 Å². The van der Waals surface area contributed by atoms with Gasteiger partial charge in [-0.15, -0.1) is 0 Å². The van der Waals surface area contributed by atoms with Crippen molar-refractivity contribution in [3.05, 3.63) is 53.6 Å². The maximum atomic E-state index is 6.01. The van der Waals surface area contributed by atoms with Gasteiger partial charge in [0.25, 0.3) is 0 Å². The lowest BCUT2D eigenvalue weighted by molar-refractivity contribution is 0.420. The lowest BCUT2D eigenvalue weighted by Gasteiger charge is -2.28. The lowest BCUT2D eigenvalue weighted by atomic mass is 9.77. The van der Waals surface area contributed by atoms with E-state index in [9.17, 15) is 0 Å². The number of rotatable bonds is 3. The Hall–Kier alpha value is -1.76. The molecule has 0 spiro atoms. The molecule has 3 rings (SSSR count). The number of nitrogens with two attached hydrogens (primary N) is 1. The van der Waals surface area contributed by atoms with Crippen LogP contribution < -0.4 is 5.73 Å². The summed E-state index contributed by atoms with van der Waals surface area (Å²) in [6.45, 7) is 2.16. The van der Waals surface area contributed by atoms with Crippen LogP contribution in [-0.4, -0.2) is 0 Å². The second-order valence-corrected chi connectivity index (χ2v) is 5.48. The van der Waals surface area contributed by atoms with Crippen molar-refractivity contribution in [2.24, 2.45) is 0 Å². The first-order valence-electron chi connectivity index (χ1n) is 7.27. The van der Waals surface area contributed by atoms with Crippen molar-refractivity contribution in [2.75, 3.05) is 5.73 Å². The second kappa shape index (κ2) is 5.08. The van der Waals surface area contributed by atoms with E-state index in [-0.39, 0.29) is 0 Å². The Balaban J connectivity index is 2.06. The number of benzene rings is 2. The number of hydrogen-bond acceptors (Lipinski definition) is 1.